The first-order valence-electron chi connectivity index (χ1n) is 5.66. The van der Waals surface area contributed by atoms with E-state index in [2.05, 4.69) is 22.1 Å². The number of piperazine rings is 1. The third kappa shape index (κ3) is 4.52. The van der Waals surface area contributed by atoms with Crippen LogP contribution in [0.1, 0.15) is 16.8 Å². The van der Waals surface area contributed by atoms with E-state index >= 15 is 0 Å². The third-order valence-corrected chi connectivity index (χ3v) is 3.66. The molecule has 2 rings (SSSR count). The van der Waals surface area contributed by atoms with Gasteiger partial charge in [0.2, 0.25) is 0 Å². The SMILES string of the molecule is COCc1cnc(CN2CCNC(C)C2)s1.Cl. The van der Waals surface area contributed by atoms with Gasteiger partial charge in [-0.3, -0.25) is 4.90 Å². The van der Waals surface area contributed by atoms with Crippen molar-refractivity contribution in [2.24, 2.45) is 0 Å². The molecule has 1 aromatic rings. The molecule has 1 atom stereocenters. The molecule has 1 aliphatic rings. The minimum atomic E-state index is 0. The van der Waals surface area contributed by atoms with Crippen LogP contribution in [0.4, 0.5) is 0 Å². The van der Waals surface area contributed by atoms with E-state index in [4.69, 9.17) is 4.74 Å². The van der Waals surface area contributed by atoms with Crippen molar-refractivity contribution in [3.8, 4) is 0 Å². The van der Waals surface area contributed by atoms with Gasteiger partial charge in [-0.25, -0.2) is 4.98 Å². The predicted octanol–water partition coefficient (Wildman–Crippen LogP) is 1.50. The van der Waals surface area contributed by atoms with Crippen molar-refractivity contribution < 1.29 is 4.74 Å². The highest BCUT2D eigenvalue weighted by molar-refractivity contribution is 7.11. The van der Waals surface area contributed by atoms with Gasteiger partial charge in [-0.2, -0.15) is 0 Å². The fraction of sp³-hybridized carbons (Fsp3) is 0.727. The molecular weight excluding hydrogens is 258 g/mol. The lowest BCUT2D eigenvalue weighted by Crippen LogP contribution is -2.48. The van der Waals surface area contributed by atoms with E-state index < -0.39 is 0 Å². The molecule has 98 valence electrons. The Balaban J connectivity index is 0.00000144. The maximum Gasteiger partial charge on any atom is 0.107 e. The number of rotatable bonds is 4. The summed E-state index contributed by atoms with van der Waals surface area (Å²) in [6.45, 7) is 7.18. The van der Waals surface area contributed by atoms with Crippen molar-refractivity contribution in [2.75, 3.05) is 26.7 Å². The Morgan fingerprint density at radius 1 is 1.65 bits per heavy atom. The van der Waals surface area contributed by atoms with Gasteiger partial charge in [0.25, 0.3) is 0 Å². The first-order chi connectivity index (χ1) is 7.78. The number of aromatic nitrogens is 1. The summed E-state index contributed by atoms with van der Waals surface area (Å²) in [4.78, 5) is 8.09. The molecule has 1 unspecified atom stereocenters. The molecule has 0 saturated carbocycles. The van der Waals surface area contributed by atoms with E-state index in [0.717, 1.165) is 26.2 Å². The van der Waals surface area contributed by atoms with E-state index in [-0.39, 0.29) is 12.4 Å². The molecule has 0 radical (unpaired) electrons. The van der Waals surface area contributed by atoms with Gasteiger partial charge in [0.15, 0.2) is 0 Å². The summed E-state index contributed by atoms with van der Waals surface area (Å²) in [5.41, 5.74) is 0. The summed E-state index contributed by atoms with van der Waals surface area (Å²) in [6.07, 6.45) is 1.93. The normalized spacial score (nSPS) is 21.2. The summed E-state index contributed by atoms with van der Waals surface area (Å²) >= 11 is 1.75. The van der Waals surface area contributed by atoms with Gasteiger partial charge < -0.3 is 10.1 Å². The first-order valence-corrected chi connectivity index (χ1v) is 6.48. The van der Waals surface area contributed by atoms with E-state index in [9.17, 15) is 0 Å². The van der Waals surface area contributed by atoms with Crippen molar-refractivity contribution in [3.63, 3.8) is 0 Å². The summed E-state index contributed by atoms with van der Waals surface area (Å²) < 4.78 is 5.10. The monoisotopic (exact) mass is 277 g/mol. The van der Waals surface area contributed by atoms with Crippen LogP contribution in [0.15, 0.2) is 6.20 Å². The Morgan fingerprint density at radius 3 is 3.18 bits per heavy atom. The molecule has 4 nitrogen and oxygen atoms in total. The van der Waals surface area contributed by atoms with Crippen molar-refractivity contribution >= 4 is 23.7 Å². The molecule has 17 heavy (non-hydrogen) atoms. The van der Waals surface area contributed by atoms with Crippen LogP contribution in [-0.4, -0.2) is 42.7 Å². The summed E-state index contributed by atoms with van der Waals surface area (Å²) in [7, 11) is 1.72. The molecule has 2 heterocycles. The van der Waals surface area contributed by atoms with Crippen molar-refractivity contribution in [3.05, 3.63) is 16.1 Å². The van der Waals surface area contributed by atoms with Gasteiger partial charge in [0, 0.05) is 39.0 Å². The molecule has 1 aliphatic heterocycles. The molecule has 0 amide bonds. The van der Waals surface area contributed by atoms with Crippen molar-refractivity contribution in [1.82, 2.24) is 15.2 Å². The largest absolute Gasteiger partial charge is 0.379 e. The third-order valence-electron chi connectivity index (χ3n) is 2.70. The lowest BCUT2D eigenvalue weighted by atomic mass is 10.2. The van der Waals surface area contributed by atoms with Gasteiger partial charge in [0.05, 0.1) is 18.0 Å². The highest BCUT2D eigenvalue weighted by Gasteiger charge is 2.16. The Bertz CT molecular complexity index is 334. The predicted molar refractivity (Wildman–Crippen MR) is 72.8 cm³/mol. The fourth-order valence-corrected chi connectivity index (χ4v) is 2.91. The Kier molecular flexibility index (Phi) is 6.37. The molecule has 1 aromatic heterocycles. The van der Waals surface area contributed by atoms with E-state index in [0.29, 0.717) is 12.6 Å². The van der Waals surface area contributed by atoms with Crippen molar-refractivity contribution in [1.29, 1.82) is 0 Å². The van der Waals surface area contributed by atoms with Crippen LogP contribution in [-0.2, 0) is 17.9 Å². The van der Waals surface area contributed by atoms with Gasteiger partial charge in [0.1, 0.15) is 5.01 Å². The maximum absolute atomic E-state index is 5.10. The topological polar surface area (TPSA) is 37.4 Å². The minimum absolute atomic E-state index is 0. The summed E-state index contributed by atoms with van der Waals surface area (Å²) in [6, 6.07) is 0.590. The Labute approximate surface area is 113 Å². The Morgan fingerprint density at radius 2 is 2.47 bits per heavy atom. The highest BCUT2D eigenvalue weighted by atomic mass is 35.5. The van der Waals surface area contributed by atoms with Crippen molar-refractivity contribution in [2.45, 2.75) is 26.1 Å². The highest BCUT2D eigenvalue weighted by Crippen LogP contribution is 2.16. The quantitative estimate of drug-likeness (QED) is 0.905. The average molecular weight is 278 g/mol. The second-order valence-electron chi connectivity index (χ2n) is 4.24. The lowest BCUT2D eigenvalue weighted by molar-refractivity contribution is 0.187. The number of thiazole rings is 1. The number of hydrogen-bond donors (Lipinski definition) is 1. The van der Waals surface area contributed by atoms with Gasteiger partial charge >= 0.3 is 0 Å². The van der Waals surface area contributed by atoms with Gasteiger partial charge in [-0.15, -0.1) is 23.7 Å². The summed E-state index contributed by atoms with van der Waals surface area (Å²) in [5, 5.41) is 4.64. The van der Waals surface area contributed by atoms with Crippen LogP contribution in [0.5, 0.6) is 0 Å². The van der Waals surface area contributed by atoms with Crippen LogP contribution in [0.25, 0.3) is 0 Å². The van der Waals surface area contributed by atoms with Crippen LogP contribution in [0.3, 0.4) is 0 Å². The van der Waals surface area contributed by atoms with Crippen LogP contribution < -0.4 is 5.32 Å². The zero-order valence-corrected chi connectivity index (χ0v) is 11.9. The zero-order valence-electron chi connectivity index (χ0n) is 10.3. The number of nitrogens with one attached hydrogen (secondary N) is 1. The molecule has 0 aliphatic carbocycles. The lowest BCUT2D eigenvalue weighted by Gasteiger charge is -2.31. The second-order valence-corrected chi connectivity index (χ2v) is 5.44. The fourth-order valence-electron chi connectivity index (χ4n) is 1.98. The molecule has 0 aromatic carbocycles. The van der Waals surface area contributed by atoms with Gasteiger partial charge in [-0.05, 0) is 6.92 Å². The van der Waals surface area contributed by atoms with Gasteiger partial charge in [-0.1, -0.05) is 0 Å². The number of nitrogens with zero attached hydrogens (tertiary/aromatic N) is 2. The molecule has 1 saturated heterocycles. The van der Waals surface area contributed by atoms with Crippen LogP contribution in [0.2, 0.25) is 0 Å². The maximum atomic E-state index is 5.10. The van der Waals surface area contributed by atoms with E-state index in [1.807, 2.05) is 6.20 Å². The molecular formula is C11H20ClN3OS. The van der Waals surface area contributed by atoms with Crippen LogP contribution >= 0.6 is 23.7 Å². The second kappa shape index (κ2) is 7.28. The summed E-state index contributed by atoms with van der Waals surface area (Å²) in [5.74, 6) is 0. The first kappa shape index (κ1) is 14.9. The minimum Gasteiger partial charge on any atom is -0.379 e. The molecule has 0 spiro atoms. The molecule has 1 fully saturated rings. The standard InChI is InChI=1S/C11H19N3OS.ClH/c1-9-6-14(4-3-12-9)7-11-13-5-10(16-11)8-15-2;/h5,9,12H,3-4,6-8H2,1-2H3;1H. The number of hydrogen-bond acceptors (Lipinski definition) is 5. The number of halogens is 1. The van der Waals surface area contributed by atoms with E-state index in [1.54, 1.807) is 18.4 Å². The molecule has 0 bridgehead atoms. The smallest absolute Gasteiger partial charge is 0.107 e. The average Bonchev–Trinajstić information content (AvgIpc) is 2.66. The number of ether oxygens (including phenoxy) is 1. The number of methoxy groups -OCH3 is 1. The zero-order chi connectivity index (χ0) is 11.4. The molecule has 6 heteroatoms. The Hall–Kier alpha value is -0.200. The van der Waals surface area contributed by atoms with E-state index in [1.165, 1.54) is 9.88 Å². The molecule has 1 N–H and O–H groups in total. The van der Waals surface area contributed by atoms with Crippen LogP contribution in [0, 0.1) is 0 Å².